The molecule has 0 amide bonds. The van der Waals surface area contributed by atoms with Crippen molar-refractivity contribution in [1.82, 2.24) is 10.2 Å². The minimum Gasteiger partial charge on any atom is -0.508 e. The molecule has 0 fully saturated rings. The Morgan fingerprint density at radius 3 is 2.42 bits per heavy atom. The number of unbranched alkanes of at least 4 members (excludes halogenated alkanes) is 3. The highest BCUT2D eigenvalue weighted by Gasteiger charge is 2.26. The summed E-state index contributed by atoms with van der Waals surface area (Å²) in [7, 11) is 0. The lowest BCUT2D eigenvalue weighted by Crippen LogP contribution is -2.40. The summed E-state index contributed by atoms with van der Waals surface area (Å²) in [6.07, 6.45) is 9.52. The number of nitrogens with one attached hydrogen (secondary N) is 1. The van der Waals surface area contributed by atoms with Crippen LogP contribution in [0.15, 0.2) is 30.3 Å². The van der Waals surface area contributed by atoms with Crippen LogP contribution in [0.3, 0.4) is 0 Å². The van der Waals surface area contributed by atoms with E-state index in [1.54, 1.807) is 18.2 Å². The van der Waals surface area contributed by atoms with Crippen LogP contribution in [0.1, 0.15) is 62.1 Å². The maximum absolute atomic E-state index is 10.1. The Kier molecular flexibility index (Phi) is 9.70. The summed E-state index contributed by atoms with van der Waals surface area (Å²) >= 11 is 0. The van der Waals surface area contributed by atoms with Crippen LogP contribution in [-0.4, -0.2) is 57.5 Å². The highest BCUT2D eigenvalue weighted by Crippen LogP contribution is 2.36. The molecule has 0 aliphatic heterocycles. The van der Waals surface area contributed by atoms with E-state index >= 15 is 0 Å². The molecule has 0 spiro atoms. The summed E-state index contributed by atoms with van der Waals surface area (Å²) < 4.78 is 0. The maximum atomic E-state index is 10.1. The van der Waals surface area contributed by atoms with E-state index in [0.29, 0.717) is 6.04 Å². The first-order chi connectivity index (χ1) is 16.0. The van der Waals surface area contributed by atoms with Gasteiger partial charge in [0.25, 0.3) is 0 Å². The van der Waals surface area contributed by atoms with E-state index in [-0.39, 0.29) is 23.0 Å². The third-order valence-corrected chi connectivity index (χ3v) is 6.67. The number of benzene rings is 2. The van der Waals surface area contributed by atoms with Gasteiger partial charge in [0.1, 0.15) is 11.5 Å². The monoisotopic (exact) mass is 456 g/mol. The van der Waals surface area contributed by atoms with Crippen LogP contribution in [-0.2, 0) is 19.3 Å². The first-order valence-electron chi connectivity index (χ1n) is 12.5. The van der Waals surface area contributed by atoms with Gasteiger partial charge in [-0.1, -0.05) is 25.8 Å². The van der Waals surface area contributed by atoms with E-state index in [2.05, 4.69) is 17.1 Å². The third-order valence-electron chi connectivity index (χ3n) is 6.67. The molecule has 5 N–H and O–H groups in total. The van der Waals surface area contributed by atoms with E-state index < -0.39 is 0 Å². The van der Waals surface area contributed by atoms with Gasteiger partial charge < -0.3 is 30.6 Å². The Hall–Kier alpha value is -2.44. The number of phenols is 4. The number of fused-ring (bicyclic) bond motifs is 1. The lowest BCUT2D eigenvalue weighted by Gasteiger charge is -2.35. The minimum absolute atomic E-state index is 0.00855. The summed E-state index contributed by atoms with van der Waals surface area (Å²) in [5, 5.41) is 42.4. The topological polar surface area (TPSA) is 96.2 Å². The second-order valence-corrected chi connectivity index (χ2v) is 9.28. The Labute approximate surface area is 197 Å². The fraction of sp³-hybridized carbons (Fsp3) is 0.556. The molecule has 182 valence electrons. The molecule has 0 aromatic heterocycles. The van der Waals surface area contributed by atoms with Crippen molar-refractivity contribution in [1.29, 1.82) is 0 Å². The van der Waals surface area contributed by atoms with Gasteiger partial charge >= 0.3 is 0 Å². The van der Waals surface area contributed by atoms with Crippen LogP contribution >= 0.6 is 0 Å². The predicted octanol–water partition coefficient (Wildman–Crippen LogP) is 4.47. The smallest absolute Gasteiger partial charge is 0.160 e. The van der Waals surface area contributed by atoms with Gasteiger partial charge in [0, 0.05) is 17.7 Å². The summed E-state index contributed by atoms with van der Waals surface area (Å²) in [5.74, 6) is 0.279. The Morgan fingerprint density at radius 2 is 1.67 bits per heavy atom. The van der Waals surface area contributed by atoms with Gasteiger partial charge in [-0.15, -0.1) is 0 Å². The minimum atomic E-state index is -0.00855. The van der Waals surface area contributed by atoms with Crippen molar-refractivity contribution in [3.8, 4) is 23.0 Å². The normalized spacial score (nSPS) is 15.6. The number of rotatable bonds is 13. The van der Waals surface area contributed by atoms with Crippen LogP contribution in [0.4, 0.5) is 0 Å². The lowest BCUT2D eigenvalue weighted by atomic mass is 9.86. The quantitative estimate of drug-likeness (QED) is 0.225. The zero-order valence-electron chi connectivity index (χ0n) is 19.9. The molecule has 1 aliphatic rings. The van der Waals surface area contributed by atoms with Crippen LogP contribution in [0.5, 0.6) is 23.0 Å². The second kappa shape index (κ2) is 12.7. The van der Waals surface area contributed by atoms with E-state index in [4.69, 9.17) is 0 Å². The van der Waals surface area contributed by atoms with Gasteiger partial charge in [0.15, 0.2) is 11.5 Å². The predicted molar refractivity (Wildman–Crippen MR) is 132 cm³/mol. The number of phenolic OH excluding ortho intramolecular Hbond substituents is 4. The van der Waals surface area contributed by atoms with Crippen molar-refractivity contribution in [3.63, 3.8) is 0 Å². The molecule has 2 aromatic rings. The Balaban J connectivity index is 1.31. The molecule has 1 aliphatic carbocycles. The van der Waals surface area contributed by atoms with Crippen LogP contribution < -0.4 is 5.32 Å². The first kappa shape index (κ1) is 25.2. The standard InChI is InChI=1S/C27H40N2O4/c1-2-14-29(22-8-9-25-21(18-22)7-10-26(32)27(25)33)15-6-4-3-5-12-28-13-11-20-16-23(30)19-24(31)17-20/h7,10,16-17,19,22,28,30-33H,2-6,8-9,11-15,18H2,1H3. The molecule has 0 saturated carbocycles. The summed E-state index contributed by atoms with van der Waals surface area (Å²) in [6.45, 7) is 6.28. The number of hydrogen-bond donors (Lipinski definition) is 5. The molecule has 1 atom stereocenters. The SMILES string of the molecule is CCCN(CCCCCCNCCc1cc(O)cc(O)c1)C1CCc2c(ccc(O)c2O)C1. The molecule has 33 heavy (non-hydrogen) atoms. The largest absolute Gasteiger partial charge is 0.508 e. The lowest BCUT2D eigenvalue weighted by molar-refractivity contribution is 0.175. The maximum Gasteiger partial charge on any atom is 0.160 e. The molecule has 6 nitrogen and oxygen atoms in total. The highest BCUT2D eigenvalue weighted by atomic mass is 16.3. The van der Waals surface area contributed by atoms with Crippen molar-refractivity contribution >= 4 is 0 Å². The molecule has 0 bridgehead atoms. The second-order valence-electron chi connectivity index (χ2n) is 9.28. The van der Waals surface area contributed by atoms with Crippen molar-refractivity contribution in [2.75, 3.05) is 26.2 Å². The van der Waals surface area contributed by atoms with Gasteiger partial charge in [-0.2, -0.15) is 0 Å². The zero-order chi connectivity index (χ0) is 23.6. The summed E-state index contributed by atoms with van der Waals surface area (Å²) in [4.78, 5) is 2.62. The molecule has 6 heteroatoms. The van der Waals surface area contributed by atoms with Crippen LogP contribution in [0, 0.1) is 0 Å². The van der Waals surface area contributed by atoms with Gasteiger partial charge in [-0.05, 0) is 100 Å². The third kappa shape index (κ3) is 7.54. The van der Waals surface area contributed by atoms with E-state index in [9.17, 15) is 20.4 Å². The molecular weight excluding hydrogens is 416 g/mol. The van der Waals surface area contributed by atoms with E-state index in [0.717, 1.165) is 75.8 Å². The Morgan fingerprint density at radius 1 is 0.909 bits per heavy atom. The number of aromatic hydroxyl groups is 4. The van der Waals surface area contributed by atoms with Gasteiger partial charge in [0.05, 0.1) is 0 Å². The van der Waals surface area contributed by atoms with Crippen molar-refractivity contribution < 1.29 is 20.4 Å². The highest BCUT2D eigenvalue weighted by molar-refractivity contribution is 5.50. The molecule has 1 unspecified atom stereocenters. The molecule has 0 heterocycles. The van der Waals surface area contributed by atoms with E-state index in [1.165, 1.54) is 30.9 Å². The molecule has 0 saturated heterocycles. The van der Waals surface area contributed by atoms with Crippen LogP contribution in [0.25, 0.3) is 0 Å². The fourth-order valence-electron chi connectivity index (χ4n) is 4.96. The average molecular weight is 457 g/mol. The Bertz CT molecular complexity index is 866. The van der Waals surface area contributed by atoms with E-state index in [1.807, 2.05) is 6.07 Å². The number of hydrogen-bond acceptors (Lipinski definition) is 6. The summed E-state index contributed by atoms with van der Waals surface area (Å²) in [6, 6.07) is 8.84. The van der Waals surface area contributed by atoms with Crippen molar-refractivity contribution in [3.05, 3.63) is 47.0 Å². The first-order valence-corrected chi connectivity index (χ1v) is 12.5. The number of nitrogens with zero attached hydrogens (tertiary/aromatic N) is 1. The fourth-order valence-corrected chi connectivity index (χ4v) is 4.96. The molecule has 3 rings (SSSR count). The van der Waals surface area contributed by atoms with Crippen molar-refractivity contribution in [2.45, 2.75) is 70.8 Å². The molecule has 0 radical (unpaired) electrons. The van der Waals surface area contributed by atoms with Gasteiger partial charge in [-0.25, -0.2) is 0 Å². The zero-order valence-corrected chi connectivity index (χ0v) is 19.9. The molecular formula is C27H40N2O4. The summed E-state index contributed by atoms with van der Waals surface area (Å²) in [5.41, 5.74) is 3.04. The van der Waals surface area contributed by atoms with Crippen LogP contribution in [0.2, 0.25) is 0 Å². The van der Waals surface area contributed by atoms with Gasteiger partial charge in [0.2, 0.25) is 0 Å². The van der Waals surface area contributed by atoms with Gasteiger partial charge in [-0.3, -0.25) is 0 Å². The average Bonchev–Trinajstić information content (AvgIpc) is 2.79. The molecule has 2 aromatic carbocycles. The van der Waals surface area contributed by atoms with Crippen molar-refractivity contribution in [2.24, 2.45) is 0 Å².